The van der Waals surface area contributed by atoms with Gasteiger partial charge < -0.3 is 10.7 Å². The van der Waals surface area contributed by atoms with Crippen molar-refractivity contribution in [1.82, 2.24) is 9.88 Å². The van der Waals surface area contributed by atoms with Crippen molar-refractivity contribution in [1.29, 1.82) is 0 Å². The summed E-state index contributed by atoms with van der Waals surface area (Å²) in [4.78, 5) is 6.08. The van der Waals surface area contributed by atoms with Gasteiger partial charge in [-0.25, -0.2) is 0 Å². The quantitative estimate of drug-likeness (QED) is 0.512. The molecule has 29 heavy (non-hydrogen) atoms. The molecule has 2 aliphatic rings. The number of likely N-dealkylation sites (tertiary alicyclic amines) is 1. The number of aromatic nitrogens is 1. The Balaban J connectivity index is 1.38. The number of halogens is 1. The van der Waals surface area contributed by atoms with Crippen LogP contribution >= 0.6 is 22.9 Å². The lowest BCUT2D eigenvalue weighted by molar-refractivity contribution is 0.169. The van der Waals surface area contributed by atoms with E-state index in [0.29, 0.717) is 12.0 Å². The van der Waals surface area contributed by atoms with Crippen molar-refractivity contribution in [2.24, 2.45) is 5.73 Å². The lowest BCUT2D eigenvalue weighted by Crippen LogP contribution is -2.37. The summed E-state index contributed by atoms with van der Waals surface area (Å²) in [6, 6.07) is 8.77. The molecule has 1 fully saturated rings. The molecule has 0 radical (unpaired) electrons. The maximum atomic E-state index is 6.26. The van der Waals surface area contributed by atoms with E-state index >= 15 is 0 Å². The van der Waals surface area contributed by atoms with Crippen molar-refractivity contribution in [3.05, 3.63) is 80.8 Å². The predicted molar refractivity (Wildman–Crippen MR) is 124 cm³/mol. The summed E-state index contributed by atoms with van der Waals surface area (Å²) >= 11 is 8.05. The minimum Gasteiger partial charge on any atom is -0.399 e. The number of aromatic amines is 1. The second-order valence-electron chi connectivity index (χ2n) is 8.17. The smallest absolute Gasteiger partial charge is 0.0573 e. The summed E-state index contributed by atoms with van der Waals surface area (Å²) in [5.74, 6) is 0.576. The molecule has 5 heteroatoms. The van der Waals surface area contributed by atoms with Gasteiger partial charge in [-0.05, 0) is 102 Å². The molecule has 150 valence electrons. The first-order valence-corrected chi connectivity index (χ1v) is 11.7. The van der Waals surface area contributed by atoms with E-state index in [1.807, 2.05) is 6.07 Å². The van der Waals surface area contributed by atoms with Crippen LogP contribution in [0.25, 0.3) is 10.9 Å². The van der Waals surface area contributed by atoms with Crippen LogP contribution in [0, 0.1) is 0 Å². The Hall–Kier alpha value is -2.01. The molecule has 0 saturated carbocycles. The monoisotopic (exact) mass is 423 g/mol. The highest BCUT2D eigenvalue weighted by Crippen LogP contribution is 2.40. The number of benzene rings is 1. The first-order valence-electron chi connectivity index (χ1n) is 10.4. The van der Waals surface area contributed by atoms with Gasteiger partial charge in [0.1, 0.15) is 0 Å². The van der Waals surface area contributed by atoms with Gasteiger partial charge in [0.05, 0.1) is 6.04 Å². The maximum Gasteiger partial charge on any atom is 0.0573 e. The van der Waals surface area contributed by atoms with Gasteiger partial charge >= 0.3 is 0 Å². The second kappa shape index (κ2) is 8.02. The molecule has 3 heterocycles. The Bertz CT molecular complexity index is 1060. The summed E-state index contributed by atoms with van der Waals surface area (Å²) in [5, 5.41) is 6.57. The van der Waals surface area contributed by atoms with E-state index in [1.165, 1.54) is 40.4 Å². The van der Waals surface area contributed by atoms with Crippen LogP contribution < -0.4 is 5.73 Å². The Kier molecular flexibility index (Phi) is 5.25. The van der Waals surface area contributed by atoms with Crippen molar-refractivity contribution in [3.63, 3.8) is 0 Å². The molecule has 2 aromatic heterocycles. The number of hydrogen-bond donors (Lipinski definition) is 2. The third-order valence-corrected chi connectivity index (χ3v) is 7.32. The molecule has 0 bridgehead atoms. The SMILES string of the molecule is NC1=CCCC(C(c2ccsc2)N2CCC(c3c[nH]c4ccc(Cl)cc34)CC2)=C1. The van der Waals surface area contributed by atoms with Crippen molar-refractivity contribution < 1.29 is 0 Å². The minimum atomic E-state index is 0.354. The van der Waals surface area contributed by atoms with E-state index in [4.69, 9.17) is 17.3 Å². The summed E-state index contributed by atoms with van der Waals surface area (Å²) in [7, 11) is 0. The number of H-pyrrole nitrogens is 1. The van der Waals surface area contributed by atoms with Crippen LogP contribution in [0.1, 0.15) is 48.8 Å². The lowest BCUT2D eigenvalue weighted by Gasteiger charge is -2.39. The van der Waals surface area contributed by atoms with Crippen LogP contribution in [0.15, 0.2) is 64.6 Å². The first-order chi connectivity index (χ1) is 14.2. The summed E-state index contributed by atoms with van der Waals surface area (Å²) in [5.41, 5.74) is 12.5. The number of fused-ring (bicyclic) bond motifs is 1. The number of allylic oxidation sites excluding steroid dienone is 2. The zero-order chi connectivity index (χ0) is 19.8. The van der Waals surface area contributed by atoms with Crippen LogP contribution in [0.3, 0.4) is 0 Å². The molecule has 1 atom stereocenters. The number of thiophene rings is 1. The van der Waals surface area contributed by atoms with Gasteiger partial charge in [-0.1, -0.05) is 17.7 Å². The van der Waals surface area contributed by atoms with E-state index in [2.05, 4.69) is 57.2 Å². The molecular weight excluding hydrogens is 398 g/mol. The molecule has 5 rings (SSSR count). The zero-order valence-electron chi connectivity index (χ0n) is 16.4. The Morgan fingerprint density at radius 2 is 2.07 bits per heavy atom. The predicted octanol–water partition coefficient (Wildman–Crippen LogP) is 6.37. The lowest BCUT2D eigenvalue weighted by atomic mass is 9.86. The minimum absolute atomic E-state index is 0.354. The van der Waals surface area contributed by atoms with Gasteiger partial charge in [-0.3, -0.25) is 4.90 Å². The van der Waals surface area contributed by atoms with Crippen LogP contribution in [0.5, 0.6) is 0 Å². The van der Waals surface area contributed by atoms with Crippen LogP contribution in [-0.2, 0) is 0 Å². The van der Waals surface area contributed by atoms with Gasteiger partial charge in [0.2, 0.25) is 0 Å². The molecule has 0 amide bonds. The van der Waals surface area contributed by atoms with Crippen molar-refractivity contribution >= 4 is 33.8 Å². The average molecular weight is 424 g/mol. The molecule has 1 unspecified atom stereocenters. The second-order valence-corrected chi connectivity index (χ2v) is 9.38. The average Bonchev–Trinajstić information content (AvgIpc) is 3.39. The van der Waals surface area contributed by atoms with Gasteiger partial charge in [-0.15, -0.1) is 0 Å². The van der Waals surface area contributed by atoms with E-state index in [9.17, 15) is 0 Å². The number of nitrogens with zero attached hydrogens (tertiary/aromatic N) is 1. The third kappa shape index (κ3) is 3.77. The van der Waals surface area contributed by atoms with E-state index in [-0.39, 0.29) is 0 Å². The van der Waals surface area contributed by atoms with Crippen LogP contribution in [0.4, 0.5) is 0 Å². The van der Waals surface area contributed by atoms with Crippen molar-refractivity contribution in [2.45, 2.75) is 37.6 Å². The molecule has 1 saturated heterocycles. The summed E-state index contributed by atoms with van der Waals surface area (Å²) in [6.45, 7) is 2.19. The van der Waals surface area contributed by atoms with Gasteiger partial charge in [0, 0.05) is 27.8 Å². The maximum absolute atomic E-state index is 6.26. The molecule has 3 N–H and O–H groups in total. The Morgan fingerprint density at radius 1 is 1.21 bits per heavy atom. The molecule has 0 spiro atoms. The third-order valence-electron chi connectivity index (χ3n) is 6.39. The molecular formula is C24H26ClN3S. The molecule has 1 aliphatic heterocycles. The highest BCUT2D eigenvalue weighted by Gasteiger charge is 2.30. The van der Waals surface area contributed by atoms with E-state index in [1.54, 1.807) is 11.3 Å². The normalized spacial score (nSPS) is 19.9. The van der Waals surface area contributed by atoms with E-state index < -0.39 is 0 Å². The highest BCUT2D eigenvalue weighted by atomic mass is 35.5. The summed E-state index contributed by atoms with van der Waals surface area (Å²) in [6.07, 6.45) is 11.0. The number of piperidine rings is 1. The van der Waals surface area contributed by atoms with Crippen molar-refractivity contribution in [3.8, 4) is 0 Å². The number of rotatable bonds is 4. The van der Waals surface area contributed by atoms with E-state index in [0.717, 1.165) is 36.7 Å². The molecule has 1 aliphatic carbocycles. The number of hydrogen-bond acceptors (Lipinski definition) is 3. The van der Waals surface area contributed by atoms with Crippen LogP contribution in [-0.4, -0.2) is 23.0 Å². The Morgan fingerprint density at radius 3 is 2.83 bits per heavy atom. The zero-order valence-corrected chi connectivity index (χ0v) is 18.0. The fourth-order valence-electron chi connectivity index (χ4n) is 4.98. The Labute approximate surface area is 180 Å². The van der Waals surface area contributed by atoms with Crippen molar-refractivity contribution in [2.75, 3.05) is 13.1 Å². The van der Waals surface area contributed by atoms with Gasteiger partial charge in [0.15, 0.2) is 0 Å². The molecule has 3 aromatic rings. The van der Waals surface area contributed by atoms with Gasteiger partial charge in [-0.2, -0.15) is 11.3 Å². The number of nitrogens with one attached hydrogen (secondary N) is 1. The molecule has 1 aromatic carbocycles. The fraction of sp³-hybridized carbons (Fsp3) is 0.333. The summed E-state index contributed by atoms with van der Waals surface area (Å²) < 4.78 is 0. The van der Waals surface area contributed by atoms with Gasteiger partial charge in [0.25, 0.3) is 0 Å². The standard InChI is InChI=1S/C24H26ClN3S/c25-19-4-5-23-21(13-19)22(14-27-23)16-6-9-28(10-7-16)24(18-8-11-29-15-18)17-2-1-3-20(26)12-17/h3-5,8,11-16,24,27H,1-2,6-7,9-10,26H2. The van der Waals surface area contributed by atoms with Crippen LogP contribution in [0.2, 0.25) is 5.02 Å². The largest absolute Gasteiger partial charge is 0.399 e. The number of nitrogens with two attached hydrogens (primary N) is 1. The molecule has 3 nitrogen and oxygen atoms in total. The topological polar surface area (TPSA) is 45.0 Å². The fourth-order valence-corrected chi connectivity index (χ4v) is 5.83. The highest BCUT2D eigenvalue weighted by molar-refractivity contribution is 7.08. The first kappa shape index (κ1) is 19.0.